The van der Waals surface area contributed by atoms with Crippen LogP contribution >= 0.6 is 0 Å². The second-order valence-corrected chi connectivity index (χ2v) is 6.52. The maximum absolute atomic E-state index is 12.9. The fraction of sp³-hybridized carbons (Fsp3) is 0.444. The molecule has 7 nitrogen and oxygen atoms in total. The molecule has 0 radical (unpaired) electrons. The number of piperidine rings is 1. The number of ether oxygens (including phenoxy) is 1. The van der Waals surface area contributed by atoms with Gasteiger partial charge in [0.05, 0.1) is 25.3 Å². The van der Waals surface area contributed by atoms with Crippen LogP contribution in [0.25, 0.3) is 0 Å². The van der Waals surface area contributed by atoms with Crippen molar-refractivity contribution in [3.05, 3.63) is 42.4 Å². The Balaban J connectivity index is 1.58. The summed E-state index contributed by atoms with van der Waals surface area (Å²) in [6.45, 7) is 1.96. The summed E-state index contributed by atoms with van der Waals surface area (Å²) in [5.41, 5.74) is 0.924. The Hall–Kier alpha value is -2.70. The van der Waals surface area contributed by atoms with Gasteiger partial charge in [0, 0.05) is 37.6 Å². The van der Waals surface area contributed by atoms with Gasteiger partial charge < -0.3 is 14.5 Å². The number of aromatic nitrogens is 3. The van der Waals surface area contributed by atoms with E-state index in [0.717, 1.165) is 25.1 Å². The minimum Gasteiger partial charge on any atom is -0.481 e. The Morgan fingerprint density at radius 2 is 2.08 bits per heavy atom. The first-order valence-corrected chi connectivity index (χ1v) is 8.57. The average Bonchev–Trinajstić information content (AvgIpc) is 2.95. The van der Waals surface area contributed by atoms with E-state index in [9.17, 15) is 4.79 Å². The monoisotopic (exact) mass is 339 g/mol. The van der Waals surface area contributed by atoms with Crippen molar-refractivity contribution in [2.75, 3.05) is 25.1 Å². The van der Waals surface area contributed by atoms with E-state index in [4.69, 9.17) is 4.74 Å². The molecule has 3 fully saturated rings. The van der Waals surface area contributed by atoms with Gasteiger partial charge in [-0.25, -0.2) is 4.98 Å². The second kappa shape index (κ2) is 6.66. The standard InChI is InChI=1S/C18H21N5O2/c1-25-16-7-9-20-18(21-16)22-10-13-5-6-15(12-22)23(17(13)24)11-14-4-2-3-8-19-14/h2-4,7-9,13,15H,5-6,10-12H2,1H3/t13-,15+/m1/s1. The van der Waals surface area contributed by atoms with E-state index in [1.54, 1.807) is 25.6 Å². The number of hydrogen-bond donors (Lipinski definition) is 0. The summed E-state index contributed by atoms with van der Waals surface area (Å²) in [4.78, 5) is 30.2. The van der Waals surface area contributed by atoms with Crippen molar-refractivity contribution in [3.8, 4) is 5.88 Å². The number of carbonyl (C=O) groups is 1. The van der Waals surface area contributed by atoms with Crippen LogP contribution in [0, 0.1) is 5.92 Å². The van der Waals surface area contributed by atoms with Gasteiger partial charge in [0.1, 0.15) is 0 Å². The first kappa shape index (κ1) is 15.8. The highest BCUT2D eigenvalue weighted by Gasteiger charge is 2.41. The summed E-state index contributed by atoms with van der Waals surface area (Å²) in [7, 11) is 1.59. The zero-order valence-corrected chi connectivity index (χ0v) is 14.2. The zero-order chi connectivity index (χ0) is 17.2. The van der Waals surface area contributed by atoms with E-state index >= 15 is 0 Å². The molecule has 130 valence electrons. The van der Waals surface area contributed by atoms with Crippen molar-refractivity contribution in [2.24, 2.45) is 5.92 Å². The molecule has 0 unspecified atom stereocenters. The first-order valence-electron chi connectivity index (χ1n) is 8.57. The van der Waals surface area contributed by atoms with Crippen LogP contribution < -0.4 is 9.64 Å². The number of pyridine rings is 1. The molecule has 0 spiro atoms. The fourth-order valence-corrected chi connectivity index (χ4v) is 3.68. The van der Waals surface area contributed by atoms with Crippen LogP contribution in [0.5, 0.6) is 5.88 Å². The maximum atomic E-state index is 12.9. The Kier molecular flexibility index (Phi) is 4.21. The van der Waals surface area contributed by atoms with E-state index in [1.807, 2.05) is 23.1 Å². The van der Waals surface area contributed by atoms with E-state index in [2.05, 4.69) is 19.9 Å². The number of amides is 1. The molecule has 2 bridgehead atoms. The van der Waals surface area contributed by atoms with Crippen molar-refractivity contribution >= 4 is 11.9 Å². The van der Waals surface area contributed by atoms with Gasteiger partial charge in [-0.2, -0.15) is 4.98 Å². The molecule has 1 amide bonds. The van der Waals surface area contributed by atoms with Gasteiger partial charge in [-0.05, 0) is 25.0 Å². The molecule has 0 N–H and O–H groups in total. The van der Waals surface area contributed by atoms with Crippen molar-refractivity contribution in [3.63, 3.8) is 0 Å². The molecule has 2 aromatic rings. The lowest BCUT2D eigenvalue weighted by Crippen LogP contribution is -2.47. The van der Waals surface area contributed by atoms with Crippen LogP contribution in [0.1, 0.15) is 18.5 Å². The molecular formula is C18H21N5O2. The smallest absolute Gasteiger partial charge is 0.228 e. The molecule has 2 aromatic heterocycles. The third-order valence-corrected chi connectivity index (χ3v) is 4.96. The van der Waals surface area contributed by atoms with Gasteiger partial charge in [-0.1, -0.05) is 6.07 Å². The highest BCUT2D eigenvalue weighted by molar-refractivity contribution is 5.81. The molecule has 0 aromatic carbocycles. The van der Waals surface area contributed by atoms with Crippen LogP contribution in [-0.2, 0) is 11.3 Å². The molecule has 3 aliphatic rings. The van der Waals surface area contributed by atoms with Crippen LogP contribution in [0.2, 0.25) is 0 Å². The van der Waals surface area contributed by atoms with E-state index in [1.165, 1.54) is 0 Å². The van der Waals surface area contributed by atoms with Crippen LogP contribution in [0.3, 0.4) is 0 Å². The Labute approximate surface area is 146 Å². The highest BCUT2D eigenvalue weighted by atomic mass is 16.5. The quantitative estimate of drug-likeness (QED) is 0.841. The number of nitrogens with zero attached hydrogens (tertiary/aromatic N) is 5. The fourth-order valence-electron chi connectivity index (χ4n) is 3.68. The minimum atomic E-state index is -0.0164. The predicted octanol–water partition coefficient (Wildman–Crippen LogP) is 1.51. The number of fused-ring (bicyclic) bond motifs is 4. The van der Waals surface area contributed by atoms with E-state index < -0.39 is 0 Å². The third-order valence-electron chi connectivity index (χ3n) is 4.96. The molecule has 5 rings (SSSR count). The summed E-state index contributed by atoms with van der Waals surface area (Å²) in [6, 6.07) is 7.70. The molecule has 0 saturated carbocycles. The van der Waals surface area contributed by atoms with Gasteiger partial charge in [-0.3, -0.25) is 9.78 Å². The van der Waals surface area contributed by atoms with Crippen molar-refractivity contribution in [1.29, 1.82) is 0 Å². The lowest BCUT2D eigenvalue weighted by atomic mass is 9.94. The number of hydrogen-bond acceptors (Lipinski definition) is 6. The second-order valence-electron chi connectivity index (χ2n) is 6.52. The summed E-state index contributed by atoms with van der Waals surface area (Å²) in [5.74, 6) is 1.37. The normalized spacial score (nSPS) is 22.8. The number of anilines is 1. The Morgan fingerprint density at radius 3 is 2.88 bits per heavy atom. The number of methoxy groups -OCH3 is 1. The molecule has 25 heavy (non-hydrogen) atoms. The maximum Gasteiger partial charge on any atom is 0.228 e. The highest BCUT2D eigenvalue weighted by Crippen LogP contribution is 2.31. The Bertz CT molecular complexity index is 754. The molecule has 3 aliphatic heterocycles. The summed E-state index contributed by atoms with van der Waals surface area (Å²) >= 11 is 0. The van der Waals surface area contributed by atoms with Crippen molar-refractivity contribution < 1.29 is 9.53 Å². The molecule has 7 heteroatoms. The topological polar surface area (TPSA) is 71.5 Å². The summed E-state index contributed by atoms with van der Waals surface area (Å²) in [6.07, 6.45) is 5.39. The van der Waals surface area contributed by atoms with Crippen LogP contribution in [-0.4, -0.2) is 52.0 Å². The molecule has 0 aliphatic carbocycles. The molecule has 3 saturated heterocycles. The lowest BCUT2D eigenvalue weighted by Gasteiger charge is -2.35. The average molecular weight is 339 g/mol. The molecule has 5 heterocycles. The van der Waals surface area contributed by atoms with E-state index in [-0.39, 0.29) is 17.9 Å². The van der Waals surface area contributed by atoms with Gasteiger partial charge in [0.25, 0.3) is 0 Å². The van der Waals surface area contributed by atoms with Crippen molar-refractivity contribution in [1.82, 2.24) is 19.9 Å². The molecular weight excluding hydrogens is 318 g/mol. The van der Waals surface area contributed by atoms with Gasteiger partial charge in [-0.15, -0.1) is 0 Å². The van der Waals surface area contributed by atoms with Gasteiger partial charge in [0.15, 0.2) is 0 Å². The van der Waals surface area contributed by atoms with Gasteiger partial charge in [0.2, 0.25) is 17.7 Å². The van der Waals surface area contributed by atoms with Gasteiger partial charge >= 0.3 is 0 Å². The molecule has 2 atom stereocenters. The zero-order valence-electron chi connectivity index (χ0n) is 14.2. The lowest BCUT2D eigenvalue weighted by molar-refractivity contribution is -0.140. The predicted molar refractivity (Wildman–Crippen MR) is 92.1 cm³/mol. The number of carbonyl (C=O) groups excluding carboxylic acids is 1. The first-order chi connectivity index (χ1) is 12.2. The summed E-state index contributed by atoms with van der Waals surface area (Å²) < 4.78 is 5.20. The van der Waals surface area contributed by atoms with Crippen molar-refractivity contribution in [2.45, 2.75) is 25.4 Å². The van der Waals surface area contributed by atoms with Crippen LogP contribution in [0.4, 0.5) is 5.95 Å². The summed E-state index contributed by atoms with van der Waals surface area (Å²) in [5, 5.41) is 0. The van der Waals surface area contributed by atoms with Crippen LogP contribution in [0.15, 0.2) is 36.7 Å². The SMILES string of the molecule is COc1ccnc(N2C[C@H]3CC[C@@H](C2)N(Cc2ccccn2)C3=O)n1. The third kappa shape index (κ3) is 3.14. The minimum absolute atomic E-state index is 0.0164. The Morgan fingerprint density at radius 1 is 1.16 bits per heavy atom. The number of rotatable bonds is 4. The largest absolute Gasteiger partial charge is 0.481 e. The van der Waals surface area contributed by atoms with E-state index in [0.29, 0.717) is 24.9 Å².